The SMILES string of the molecule is CC(C)(C)OC(=O)[C@H]1CCCN1C(=O)c1cccnc1Cl. The number of halogens is 1. The molecule has 2 heterocycles. The molecule has 0 aliphatic carbocycles. The highest BCUT2D eigenvalue weighted by atomic mass is 35.5. The second kappa shape index (κ2) is 6.02. The van der Waals surface area contributed by atoms with Crippen molar-refractivity contribution in [2.24, 2.45) is 0 Å². The molecule has 0 unspecified atom stereocenters. The normalized spacial score (nSPS) is 18.7. The van der Waals surface area contributed by atoms with Gasteiger partial charge in [0.15, 0.2) is 0 Å². The first-order valence-corrected chi connectivity index (χ1v) is 7.32. The minimum atomic E-state index is -0.569. The van der Waals surface area contributed by atoms with E-state index in [9.17, 15) is 9.59 Å². The van der Waals surface area contributed by atoms with E-state index >= 15 is 0 Å². The molecule has 0 aromatic carbocycles. The summed E-state index contributed by atoms with van der Waals surface area (Å²) in [7, 11) is 0. The molecule has 0 saturated carbocycles. The molecule has 5 nitrogen and oxygen atoms in total. The number of amides is 1. The van der Waals surface area contributed by atoms with Crippen molar-refractivity contribution in [3.05, 3.63) is 29.0 Å². The first-order valence-electron chi connectivity index (χ1n) is 6.94. The molecule has 2 rings (SSSR count). The lowest BCUT2D eigenvalue weighted by Gasteiger charge is -2.27. The van der Waals surface area contributed by atoms with Gasteiger partial charge >= 0.3 is 5.97 Å². The Hall–Kier alpha value is -1.62. The topological polar surface area (TPSA) is 59.5 Å². The smallest absolute Gasteiger partial charge is 0.329 e. The Morgan fingerprint density at radius 3 is 2.76 bits per heavy atom. The van der Waals surface area contributed by atoms with Gasteiger partial charge in [0.1, 0.15) is 16.8 Å². The van der Waals surface area contributed by atoms with E-state index in [2.05, 4.69) is 4.98 Å². The highest BCUT2D eigenvalue weighted by Crippen LogP contribution is 2.24. The van der Waals surface area contributed by atoms with Crippen LogP contribution in [0.15, 0.2) is 18.3 Å². The minimum Gasteiger partial charge on any atom is -0.458 e. The van der Waals surface area contributed by atoms with Crippen molar-refractivity contribution >= 4 is 23.5 Å². The monoisotopic (exact) mass is 310 g/mol. The van der Waals surface area contributed by atoms with E-state index in [1.165, 1.54) is 11.1 Å². The van der Waals surface area contributed by atoms with Crippen molar-refractivity contribution in [2.45, 2.75) is 45.3 Å². The van der Waals surface area contributed by atoms with Gasteiger partial charge in [-0.3, -0.25) is 4.79 Å². The number of rotatable bonds is 2. The van der Waals surface area contributed by atoms with Crippen LogP contribution in [0.4, 0.5) is 0 Å². The molecule has 21 heavy (non-hydrogen) atoms. The Balaban J connectivity index is 2.17. The van der Waals surface area contributed by atoms with Crippen LogP contribution in [0.2, 0.25) is 5.15 Å². The van der Waals surface area contributed by atoms with Gasteiger partial charge < -0.3 is 9.64 Å². The van der Waals surface area contributed by atoms with E-state index in [4.69, 9.17) is 16.3 Å². The molecule has 1 aliphatic heterocycles. The minimum absolute atomic E-state index is 0.150. The van der Waals surface area contributed by atoms with Crippen molar-refractivity contribution in [2.75, 3.05) is 6.54 Å². The molecular formula is C15H19ClN2O3. The van der Waals surface area contributed by atoms with E-state index in [0.29, 0.717) is 18.5 Å². The molecule has 0 bridgehead atoms. The summed E-state index contributed by atoms with van der Waals surface area (Å²) in [5.74, 6) is -0.644. The van der Waals surface area contributed by atoms with Gasteiger partial charge in [-0.1, -0.05) is 11.6 Å². The Labute approximate surface area is 129 Å². The molecule has 0 N–H and O–H groups in total. The van der Waals surface area contributed by atoms with Crippen molar-refractivity contribution in [3.63, 3.8) is 0 Å². The maximum absolute atomic E-state index is 12.5. The third kappa shape index (κ3) is 3.73. The van der Waals surface area contributed by atoms with Crippen LogP contribution >= 0.6 is 11.6 Å². The zero-order valence-corrected chi connectivity index (χ0v) is 13.2. The van der Waals surface area contributed by atoms with Gasteiger partial charge in [0, 0.05) is 12.7 Å². The van der Waals surface area contributed by atoms with Crippen molar-refractivity contribution < 1.29 is 14.3 Å². The number of nitrogens with zero attached hydrogens (tertiary/aromatic N) is 2. The van der Waals surface area contributed by atoms with Crippen LogP contribution in [-0.4, -0.2) is 39.9 Å². The number of ether oxygens (including phenoxy) is 1. The zero-order valence-electron chi connectivity index (χ0n) is 12.4. The Bertz CT molecular complexity index is 554. The molecule has 6 heteroatoms. The number of hydrogen-bond donors (Lipinski definition) is 0. The molecule has 1 saturated heterocycles. The highest BCUT2D eigenvalue weighted by Gasteiger charge is 2.37. The van der Waals surface area contributed by atoms with Crippen LogP contribution in [0.3, 0.4) is 0 Å². The number of carbonyl (C=O) groups excluding carboxylic acids is 2. The van der Waals surface area contributed by atoms with Gasteiger partial charge in [0.05, 0.1) is 5.56 Å². The molecule has 1 aliphatic rings. The third-order valence-electron chi connectivity index (χ3n) is 3.18. The lowest BCUT2D eigenvalue weighted by molar-refractivity contribution is -0.159. The van der Waals surface area contributed by atoms with Crippen LogP contribution < -0.4 is 0 Å². The van der Waals surface area contributed by atoms with Crippen molar-refractivity contribution in [1.29, 1.82) is 0 Å². The average Bonchev–Trinajstić information content (AvgIpc) is 2.85. The molecule has 1 atom stereocenters. The largest absolute Gasteiger partial charge is 0.458 e. The van der Waals surface area contributed by atoms with Gasteiger partial charge in [-0.25, -0.2) is 9.78 Å². The van der Waals surface area contributed by atoms with Crippen LogP contribution in [0.1, 0.15) is 44.0 Å². The van der Waals surface area contributed by atoms with Gasteiger partial charge in [-0.2, -0.15) is 0 Å². The van der Waals surface area contributed by atoms with E-state index in [0.717, 1.165) is 6.42 Å². The van der Waals surface area contributed by atoms with Crippen LogP contribution in [0.5, 0.6) is 0 Å². The van der Waals surface area contributed by atoms with E-state index < -0.39 is 11.6 Å². The van der Waals surface area contributed by atoms with Gasteiger partial charge in [-0.05, 0) is 45.7 Å². The summed E-state index contributed by atoms with van der Waals surface area (Å²) in [5, 5.41) is 0.150. The summed E-state index contributed by atoms with van der Waals surface area (Å²) in [4.78, 5) is 30.2. The summed E-state index contributed by atoms with van der Waals surface area (Å²) in [6.45, 7) is 5.95. The molecule has 1 aromatic heterocycles. The fourth-order valence-electron chi connectivity index (χ4n) is 2.32. The fourth-order valence-corrected chi connectivity index (χ4v) is 2.53. The first-order chi connectivity index (χ1) is 9.79. The molecule has 1 aromatic rings. The predicted octanol–water partition coefficient (Wildman–Crippen LogP) is 2.68. The van der Waals surface area contributed by atoms with Crippen molar-refractivity contribution in [1.82, 2.24) is 9.88 Å². The number of esters is 1. The number of aromatic nitrogens is 1. The molecule has 0 spiro atoms. The predicted molar refractivity (Wildman–Crippen MR) is 79.2 cm³/mol. The highest BCUT2D eigenvalue weighted by molar-refractivity contribution is 6.32. The lowest BCUT2D eigenvalue weighted by atomic mass is 10.1. The van der Waals surface area contributed by atoms with Gasteiger partial charge in [0.25, 0.3) is 5.91 Å². The second-order valence-electron chi connectivity index (χ2n) is 6.03. The summed E-state index contributed by atoms with van der Waals surface area (Å²) in [6.07, 6.45) is 2.90. The van der Waals surface area contributed by atoms with Crippen LogP contribution in [-0.2, 0) is 9.53 Å². The van der Waals surface area contributed by atoms with E-state index in [1.54, 1.807) is 12.1 Å². The Kier molecular flexibility index (Phi) is 4.52. The van der Waals surface area contributed by atoms with Gasteiger partial charge in [-0.15, -0.1) is 0 Å². The Morgan fingerprint density at radius 2 is 2.14 bits per heavy atom. The maximum Gasteiger partial charge on any atom is 0.329 e. The van der Waals surface area contributed by atoms with E-state index in [1.807, 2.05) is 20.8 Å². The van der Waals surface area contributed by atoms with Gasteiger partial charge in [0.2, 0.25) is 0 Å². The van der Waals surface area contributed by atoms with E-state index in [-0.39, 0.29) is 17.0 Å². The molecule has 1 amide bonds. The lowest BCUT2D eigenvalue weighted by Crippen LogP contribution is -2.43. The number of likely N-dealkylation sites (tertiary alicyclic amines) is 1. The van der Waals surface area contributed by atoms with Crippen LogP contribution in [0, 0.1) is 0 Å². The molecule has 114 valence electrons. The quantitative estimate of drug-likeness (QED) is 0.622. The third-order valence-corrected chi connectivity index (χ3v) is 3.48. The second-order valence-corrected chi connectivity index (χ2v) is 6.39. The summed E-state index contributed by atoms with van der Waals surface area (Å²) >= 11 is 5.96. The zero-order chi connectivity index (χ0) is 15.6. The number of carbonyl (C=O) groups is 2. The molecular weight excluding hydrogens is 292 g/mol. The molecule has 0 radical (unpaired) electrons. The first kappa shape index (κ1) is 15.8. The fraction of sp³-hybridized carbons (Fsp3) is 0.533. The number of hydrogen-bond acceptors (Lipinski definition) is 4. The average molecular weight is 311 g/mol. The Morgan fingerprint density at radius 1 is 1.43 bits per heavy atom. The summed E-state index contributed by atoms with van der Waals surface area (Å²) in [5.41, 5.74) is -0.255. The van der Waals surface area contributed by atoms with Crippen LogP contribution in [0.25, 0.3) is 0 Å². The standard InChI is InChI=1S/C15H19ClN2O3/c1-15(2,3)21-14(20)11-7-5-9-18(11)13(19)10-6-4-8-17-12(10)16/h4,6,8,11H,5,7,9H2,1-3H3/t11-/m1/s1. The summed E-state index contributed by atoms with van der Waals surface area (Å²) in [6, 6.07) is 2.72. The molecule has 1 fully saturated rings. The number of pyridine rings is 1. The maximum atomic E-state index is 12.5. The van der Waals surface area contributed by atoms with Crippen molar-refractivity contribution in [3.8, 4) is 0 Å². The summed E-state index contributed by atoms with van der Waals surface area (Å²) < 4.78 is 5.39.